The maximum atomic E-state index is 10.9. The number of hydrogen-bond acceptors (Lipinski definition) is 4. The first-order valence-corrected chi connectivity index (χ1v) is 4.22. The van der Waals surface area contributed by atoms with E-state index < -0.39 is 11.7 Å². The Labute approximate surface area is 106 Å². The molecular weight excluding hydrogens is 195 g/mol. The summed E-state index contributed by atoms with van der Waals surface area (Å²) in [7, 11) is 0. The van der Waals surface area contributed by atoms with Gasteiger partial charge in [0.05, 0.1) is 6.61 Å². The van der Waals surface area contributed by atoms with Crippen molar-refractivity contribution in [3.05, 3.63) is 11.8 Å². The summed E-state index contributed by atoms with van der Waals surface area (Å²) >= 11 is 0. The molecule has 14 heavy (non-hydrogen) atoms. The summed E-state index contributed by atoms with van der Waals surface area (Å²) in [4.78, 5) is 21.7. The molecule has 5 heteroatoms. The van der Waals surface area contributed by atoms with Crippen LogP contribution >= 0.6 is 0 Å². The van der Waals surface area contributed by atoms with Gasteiger partial charge in [0, 0.05) is 12.5 Å². The number of rotatable bonds is 5. The number of aliphatic hydroxyl groups is 1. The van der Waals surface area contributed by atoms with Gasteiger partial charge >= 0.3 is 35.5 Å². The third kappa shape index (κ3) is 7.12. The quantitative estimate of drug-likeness (QED) is 0.314. The number of allylic oxidation sites excluding steroid dienone is 1. The molecular formula is C9H15NaO4. The van der Waals surface area contributed by atoms with Crippen molar-refractivity contribution in [1.82, 2.24) is 0 Å². The summed E-state index contributed by atoms with van der Waals surface area (Å²) in [6.07, 6.45) is 1.91. The van der Waals surface area contributed by atoms with Crippen LogP contribution in [0.5, 0.6) is 0 Å². The third-order valence-corrected chi connectivity index (χ3v) is 1.28. The van der Waals surface area contributed by atoms with E-state index in [0.29, 0.717) is 12.8 Å². The second-order valence-corrected chi connectivity index (χ2v) is 2.47. The molecule has 0 spiro atoms. The van der Waals surface area contributed by atoms with E-state index in [1.54, 1.807) is 6.92 Å². The molecule has 1 N–H and O–H groups in total. The maximum absolute atomic E-state index is 10.9. The Balaban J connectivity index is 0. The predicted octanol–water partition coefficient (Wildman–Crippen LogP) is 0.712. The SMILES string of the molecule is CCCC(=O)C=C(O)C(=O)OCC.[NaH]. The Morgan fingerprint density at radius 1 is 1.36 bits per heavy atom. The molecule has 0 radical (unpaired) electrons. The van der Waals surface area contributed by atoms with Crippen LogP contribution in [0.2, 0.25) is 0 Å². The van der Waals surface area contributed by atoms with Gasteiger partial charge in [0.1, 0.15) is 0 Å². The topological polar surface area (TPSA) is 63.6 Å². The van der Waals surface area contributed by atoms with E-state index in [-0.39, 0.29) is 41.9 Å². The second kappa shape index (κ2) is 9.24. The summed E-state index contributed by atoms with van der Waals surface area (Å²) in [6.45, 7) is 3.64. The first-order valence-electron chi connectivity index (χ1n) is 4.22. The van der Waals surface area contributed by atoms with Gasteiger partial charge in [-0.3, -0.25) is 4.79 Å². The molecule has 4 nitrogen and oxygen atoms in total. The molecule has 76 valence electrons. The van der Waals surface area contributed by atoms with E-state index in [9.17, 15) is 9.59 Å². The predicted molar refractivity (Wildman–Crippen MR) is 54.4 cm³/mol. The van der Waals surface area contributed by atoms with Gasteiger partial charge in [0.25, 0.3) is 0 Å². The molecule has 0 fully saturated rings. The Morgan fingerprint density at radius 2 is 1.93 bits per heavy atom. The van der Waals surface area contributed by atoms with Gasteiger partial charge < -0.3 is 9.84 Å². The van der Waals surface area contributed by atoms with Crippen molar-refractivity contribution in [3.8, 4) is 0 Å². The summed E-state index contributed by atoms with van der Waals surface area (Å²) < 4.78 is 4.47. The number of hydrogen-bond donors (Lipinski definition) is 1. The minimum absolute atomic E-state index is 0. The van der Waals surface area contributed by atoms with Crippen molar-refractivity contribution in [1.29, 1.82) is 0 Å². The van der Waals surface area contributed by atoms with E-state index >= 15 is 0 Å². The van der Waals surface area contributed by atoms with Gasteiger partial charge in [-0.2, -0.15) is 0 Å². The van der Waals surface area contributed by atoms with Crippen LogP contribution in [0, 0.1) is 0 Å². The number of aliphatic hydroxyl groups excluding tert-OH is 1. The zero-order chi connectivity index (χ0) is 10.3. The molecule has 0 aliphatic rings. The molecule has 0 saturated heterocycles. The zero-order valence-electron chi connectivity index (χ0n) is 7.87. The molecule has 0 aliphatic carbocycles. The van der Waals surface area contributed by atoms with Crippen molar-refractivity contribution in [2.24, 2.45) is 0 Å². The molecule has 0 bridgehead atoms. The number of carbonyl (C=O) groups is 2. The summed E-state index contributed by atoms with van der Waals surface area (Å²) in [5.74, 6) is -1.75. The van der Waals surface area contributed by atoms with Crippen molar-refractivity contribution in [3.63, 3.8) is 0 Å². The first-order chi connectivity index (χ1) is 6.11. The van der Waals surface area contributed by atoms with Crippen LogP contribution in [0.3, 0.4) is 0 Å². The standard InChI is InChI=1S/C9H14O4.Na.H/c1-3-5-7(10)6-8(11)9(12)13-4-2;;/h6,11H,3-5H2,1-2H3;;. The fourth-order valence-corrected chi connectivity index (χ4v) is 0.735. The summed E-state index contributed by atoms with van der Waals surface area (Å²) in [6, 6.07) is 0. The molecule has 0 aromatic heterocycles. The molecule has 0 heterocycles. The second-order valence-electron chi connectivity index (χ2n) is 2.47. The first kappa shape index (κ1) is 16.1. The van der Waals surface area contributed by atoms with Crippen LogP contribution in [-0.2, 0) is 14.3 Å². The van der Waals surface area contributed by atoms with Gasteiger partial charge in [0.15, 0.2) is 5.78 Å². The third-order valence-electron chi connectivity index (χ3n) is 1.28. The minimum atomic E-state index is -0.855. The molecule has 0 amide bonds. The van der Waals surface area contributed by atoms with E-state index in [1.165, 1.54) is 0 Å². The normalized spacial score (nSPS) is 10.3. The number of ketones is 1. The summed E-state index contributed by atoms with van der Waals surface area (Å²) in [5.41, 5.74) is 0. The van der Waals surface area contributed by atoms with Crippen LogP contribution in [0.15, 0.2) is 11.8 Å². The van der Waals surface area contributed by atoms with Crippen LogP contribution < -0.4 is 0 Å². The Kier molecular flexibility index (Phi) is 10.6. The van der Waals surface area contributed by atoms with E-state index in [0.717, 1.165) is 6.08 Å². The van der Waals surface area contributed by atoms with Gasteiger partial charge in [-0.05, 0) is 13.3 Å². The summed E-state index contributed by atoms with van der Waals surface area (Å²) in [5, 5.41) is 9.01. The Bertz CT molecular complexity index is 223. The van der Waals surface area contributed by atoms with Gasteiger partial charge in [-0.25, -0.2) is 4.79 Å². The van der Waals surface area contributed by atoms with Gasteiger partial charge in [-0.1, -0.05) is 6.92 Å². The van der Waals surface area contributed by atoms with E-state index in [1.807, 2.05) is 6.92 Å². The molecule has 0 aliphatic heterocycles. The fraction of sp³-hybridized carbons (Fsp3) is 0.556. The molecule has 0 saturated carbocycles. The monoisotopic (exact) mass is 210 g/mol. The van der Waals surface area contributed by atoms with Crippen LogP contribution in [0.25, 0.3) is 0 Å². The number of carbonyl (C=O) groups excluding carboxylic acids is 2. The van der Waals surface area contributed by atoms with E-state index in [4.69, 9.17) is 5.11 Å². The van der Waals surface area contributed by atoms with Crippen molar-refractivity contribution in [2.45, 2.75) is 26.7 Å². The van der Waals surface area contributed by atoms with E-state index in [2.05, 4.69) is 4.74 Å². The van der Waals surface area contributed by atoms with Crippen molar-refractivity contribution < 1.29 is 19.4 Å². The van der Waals surface area contributed by atoms with Crippen molar-refractivity contribution >= 4 is 41.3 Å². The zero-order valence-corrected chi connectivity index (χ0v) is 7.87. The number of ether oxygens (including phenoxy) is 1. The fourth-order valence-electron chi connectivity index (χ4n) is 0.735. The molecule has 0 atom stereocenters. The Morgan fingerprint density at radius 3 is 2.36 bits per heavy atom. The average Bonchev–Trinajstić information content (AvgIpc) is 2.05. The molecule has 0 rings (SSSR count). The van der Waals surface area contributed by atoms with Crippen LogP contribution in [0.4, 0.5) is 0 Å². The van der Waals surface area contributed by atoms with Crippen molar-refractivity contribution in [2.75, 3.05) is 6.61 Å². The number of esters is 1. The average molecular weight is 210 g/mol. The molecule has 0 aromatic carbocycles. The van der Waals surface area contributed by atoms with Crippen LogP contribution in [0.1, 0.15) is 26.7 Å². The van der Waals surface area contributed by atoms with Gasteiger partial charge in [-0.15, -0.1) is 0 Å². The molecule has 0 aromatic rings. The van der Waals surface area contributed by atoms with Gasteiger partial charge in [0.2, 0.25) is 5.76 Å². The van der Waals surface area contributed by atoms with Crippen LogP contribution in [-0.4, -0.2) is 53.0 Å². The molecule has 0 unspecified atom stereocenters. The Hall–Kier alpha value is -0.320.